The average molecular weight is 197 g/mol. The smallest absolute Gasteiger partial charge is 0.310 e. The molecule has 14 heavy (non-hydrogen) atoms. The van der Waals surface area contributed by atoms with Crippen LogP contribution in [0.4, 0.5) is 0 Å². The summed E-state index contributed by atoms with van der Waals surface area (Å²) >= 11 is 0. The highest BCUT2D eigenvalue weighted by molar-refractivity contribution is 5.75. The Kier molecular flexibility index (Phi) is 2.52. The molecule has 1 saturated heterocycles. The Labute approximate surface area is 85.1 Å². The summed E-state index contributed by atoms with van der Waals surface area (Å²) in [6.07, 6.45) is 5.49. The van der Waals surface area contributed by atoms with E-state index in [4.69, 9.17) is 0 Å². The average Bonchev–Trinajstić information content (AvgIpc) is 2.47. The molecule has 3 nitrogen and oxygen atoms in total. The summed E-state index contributed by atoms with van der Waals surface area (Å²) in [6, 6.07) is 0.697. The van der Waals surface area contributed by atoms with Crippen LogP contribution in [-0.2, 0) is 4.79 Å². The number of nitrogens with zero attached hydrogens (tertiary/aromatic N) is 1. The first-order valence-electron chi connectivity index (χ1n) is 5.65. The fraction of sp³-hybridized carbons (Fsp3) is 0.909. The summed E-state index contributed by atoms with van der Waals surface area (Å²) in [5.74, 6) is -0.596. The molecule has 0 radical (unpaired) electrons. The molecule has 1 saturated carbocycles. The van der Waals surface area contributed by atoms with E-state index in [-0.39, 0.29) is 0 Å². The Balaban J connectivity index is 2.00. The van der Waals surface area contributed by atoms with Crippen molar-refractivity contribution in [3.63, 3.8) is 0 Å². The van der Waals surface area contributed by atoms with Gasteiger partial charge in [-0.2, -0.15) is 0 Å². The number of hydrogen-bond acceptors (Lipinski definition) is 2. The molecular weight excluding hydrogens is 178 g/mol. The molecule has 0 spiro atoms. The summed E-state index contributed by atoms with van der Waals surface area (Å²) in [7, 11) is 0. The van der Waals surface area contributed by atoms with Gasteiger partial charge in [-0.1, -0.05) is 13.3 Å². The number of aliphatic carboxylic acids is 1. The van der Waals surface area contributed by atoms with Gasteiger partial charge in [0.1, 0.15) is 0 Å². The van der Waals surface area contributed by atoms with Crippen LogP contribution < -0.4 is 0 Å². The maximum atomic E-state index is 11.2. The SMILES string of the molecule is CCC1(C(=O)O)CCN(C2CCC2)C1. The summed E-state index contributed by atoms with van der Waals surface area (Å²) in [4.78, 5) is 13.6. The van der Waals surface area contributed by atoms with Crippen LogP contribution in [0, 0.1) is 5.41 Å². The molecule has 0 aromatic heterocycles. The Morgan fingerprint density at radius 1 is 1.57 bits per heavy atom. The van der Waals surface area contributed by atoms with E-state index in [1.165, 1.54) is 19.3 Å². The van der Waals surface area contributed by atoms with E-state index in [2.05, 4.69) is 4.90 Å². The largest absolute Gasteiger partial charge is 0.481 e. The summed E-state index contributed by atoms with van der Waals surface area (Å²) in [6.45, 7) is 3.77. The molecule has 1 N–H and O–H groups in total. The number of carbonyl (C=O) groups is 1. The van der Waals surface area contributed by atoms with E-state index in [1.54, 1.807) is 0 Å². The third kappa shape index (κ3) is 1.44. The van der Waals surface area contributed by atoms with Crippen molar-refractivity contribution in [2.24, 2.45) is 5.41 Å². The second kappa shape index (κ2) is 3.54. The van der Waals surface area contributed by atoms with Crippen LogP contribution in [0.15, 0.2) is 0 Å². The van der Waals surface area contributed by atoms with Crippen LogP contribution in [0.3, 0.4) is 0 Å². The monoisotopic (exact) mass is 197 g/mol. The molecule has 0 bridgehead atoms. The van der Waals surface area contributed by atoms with Gasteiger partial charge in [-0.05, 0) is 32.2 Å². The van der Waals surface area contributed by atoms with Crippen LogP contribution in [0.25, 0.3) is 0 Å². The number of carboxylic acid groups (broad SMARTS) is 1. The molecule has 1 aliphatic heterocycles. The number of likely N-dealkylation sites (tertiary alicyclic amines) is 1. The van der Waals surface area contributed by atoms with Crippen LogP contribution in [0.1, 0.15) is 39.0 Å². The molecule has 1 atom stereocenters. The van der Waals surface area contributed by atoms with Gasteiger partial charge in [-0.25, -0.2) is 0 Å². The number of rotatable bonds is 3. The van der Waals surface area contributed by atoms with Crippen molar-refractivity contribution in [2.45, 2.75) is 45.1 Å². The second-order valence-corrected chi connectivity index (χ2v) is 4.74. The molecule has 1 aliphatic carbocycles. The summed E-state index contributed by atoms with van der Waals surface area (Å²) in [5, 5.41) is 9.23. The first-order chi connectivity index (χ1) is 6.68. The lowest BCUT2D eigenvalue weighted by Gasteiger charge is -2.35. The van der Waals surface area contributed by atoms with E-state index in [0.717, 1.165) is 25.9 Å². The zero-order chi connectivity index (χ0) is 10.2. The third-order valence-electron chi connectivity index (χ3n) is 4.10. The molecular formula is C11H19NO2. The van der Waals surface area contributed by atoms with Crippen molar-refractivity contribution in [1.29, 1.82) is 0 Å². The van der Waals surface area contributed by atoms with Gasteiger partial charge >= 0.3 is 5.97 Å². The van der Waals surface area contributed by atoms with Crippen molar-refractivity contribution in [3.05, 3.63) is 0 Å². The molecule has 2 aliphatic rings. The number of hydrogen-bond donors (Lipinski definition) is 1. The number of carboxylic acids is 1. The maximum Gasteiger partial charge on any atom is 0.310 e. The molecule has 3 heteroatoms. The van der Waals surface area contributed by atoms with Gasteiger partial charge in [-0.15, -0.1) is 0 Å². The van der Waals surface area contributed by atoms with E-state index in [0.29, 0.717) is 6.04 Å². The van der Waals surface area contributed by atoms with Crippen molar-refractivity contribution < 1.29 is 9.90 Å². The molecule has 2 rings (SSSR count). The van der Waals surface area contributed by atoms with Crippen LogP contribution in [0.5, 0.6) is 0 Å². The summed E-state index contributed by atoms with van der Waals surface area (Å²) in [5.41, 5.74) is -0.435. The first kappa shape index (κ1) is 9.97. The van der Waals surface area contributed by atoms with Gasteiger partial charge in [0.2, 0.25) is 0 Å². The Hall–Kier alpha value is -0.570. The Bertz CT molecular complexity index is 237. The minimum Gasteiger partial charge on any atom is -0.481 e. The molecule has 0 aromatic carbocycles. The summed E-state index contributed by atoms with van der Waals surface area (Å²) < 4.78 is 0. The zero-order valence-corrected chi connectivity index (χ0v) is 8.83. The topological polar surface area (TPSA) is 40.5 Å². The normalized spacial score (nSPS) is 34.4. The van der Waals surface area contributed by atoms with E-state index in [1.807, 2.05) is 6.92 Å². The van der Waals surface area contributed by atoms with Gasteiger partial charge in [0.15, 0.2) is 0 Å². The van der Waals surface area contributed by atoms with Crippen molar-refractivity contribution in [3.8, 4) is 0 Å². The van der Waals surface area contributed by atoms with Crippen molar-refractivity contribution >= 4 is 5.97 Å². The van der Waals surface area contributed by atoms with E-state index < -0.39 is 11.4 Å². The maximum absolute atomic E-state index is 11.2. The predicted octanol–water partition coefficient (Wildman–Crippen LogP) is 1.73. The molecule has 1 unspecified atom stereocenters. The molecule has 1 heterocycles. The van der Waals surface area contributed by atoms with Gasteiger partial charge < -0.3 is 5.11 Å². The van der Waals surface area contributed by atoms with Crippen molar-refractivity contribution in [2.75, 3.05) is 13.1 Å². The Morgan fingerprint density at radius 3 is 2.64 bits per heavy atom. The van der Waals surface area contributed by atoms with E-state index in [9.17, 15) is 9.90 Å². The lowest BCUT2D eigenvalue weighted by atomic mass is 9.84. The highest BCUT2D eigenvalue weighted by atomic mass is 16.4. The second-order valence-electron chi connectivity index (χ2n) is 4.74. The van der Waals surface area contributed by atoms with Gasteiger partial charge in [-0.3, -0.25) is 9.69 Å². The molecule has 2 fully saturated rings. The highest BCUT2D eigenvalue weighted by Crippen LogP contribution is 2.38. The van der Waals surface area contributed by atoms with Crippen LogP contribution in [-0.4, -0.2) is 35.1 Å². The lowest BCUT2D eigenvalue weighted by molar-refractivity contribution is -0.148. The predicted molar refractivity (Wildman–Crippen MR) is 54.2 cm³/mol. The fourth-order valence-corrected chi connectivity index (χ4v) is 2.58. The Morgan fingerprint density at radius 2 is 2.29 bits per heavy atom. The minimum atomic E-state index is -0.596. The lowest BCUT2D eigenvalue weighted by Crippen LogP contribution is -2.41. The van der Waals surface area contributed by atoms with Gasteiger partial charge in [0.25, 0.3) is 0 Å². The quantitative estimate of drug-likeness (QED) is 0.749. The van der Waals surface area contributed by atoms with Gasteiger partial charge in [0.05, 0.1) is 5.41 Å². The zero-order valence-electron chi connectivity index (χ0n) is 8.83. The first-order valence-corrected chi connectivity index (χ1v) is 5.65. The van der Waals surface area contributed by atoms with Crippen molar-refractivity contribution in [1.82, 2.24) is 4.90 Å². The van der Waals surface area contributed by atoms with Crippen LogP contribution >= 0.6 is 0 Å². The molecule has 0 amide bonds. The molecule has 80 valence electrons. The third-order valence-corrected chi connectivity index (χ3v) is 4.10. The standard InChI is InChI=1S/C11H19NO2/c1-2-11(10(13)14)6-7-12(8-11)9-4-3-5-9/h9H,2-8H2,1H3,(H,13,14). The highest BCUT2D eigenvalue weighted by Gasteiger charge is 2.45. The molecule has 0 aromatic rings. The van der Waals surface area contributed by atoms with E-state index >= 15 is 0 Å². The minimum absolute atomic E-state index is 0.435. The fourth-order valence-electron chi connectivity index (χ4n) is 2.58. The van der Waals surface area contributed by atoms with Gasteiger partial charge in [0, 0.05) is 12.6 Å². The van der Waals surface area contributed by atoms with Crippen LogP contribution in [0.2, 0.25) is 0 Å².